The molecule has 2 N–H and O–H groups in total. The van der Waals surface area contributed by atoms with Gasteiger partial charge in [-0.05, 0) is 37.6 Å². The molecule has 1 aromatic carbocycles. The number of ether oxygens (including phenoxy) is 1. The van der Waals surface area contributed by atoms with E-state index in [1.165, 1.54) is 7.11 Å². The van der Waals surface area contributed by atoms with Gasteiger partial charge in [0.25, 0.3) is 0 Å². The van der Waals surface area contributed by atoms with Crippen molar-refractivity contribution in [2.24, 2.45) is 5.92 Å². The van der Waals surface area contributed by atoms with Crippen LogP contribution >= 0.6 is 0 Å². The first-order valence-corrected chi connectivity index (χ1v) is 7.89. The maximum Gasteiger partial charge on any atom is 0.244 e. The second kappa shape index (κ2) is 5.90. The van der Waals surface area contributed by atoms with Gasteiger partial charge >= 0.3 is 0 Å². The van der Waals surface area contributed by atoms with Crippen LogP contribution in [0.4, 0.5) is 0 Å². The van der Waals surface area contributed by atoms with E-state index in [0.29, 0.717) is 5.75 Å². The molecule has 19 heavy (non-hydrogen) atoms. The maximum atomic E-state index is 12.4. The molecule has 1 heterocycles. The lowest BCUT2D eigenvalue weighted by Crippen LogP contribution is -2.48. The minimum atomic E-state index is -3.54. The Morgan fingerprint density at radius 1 is 1.37 bits per heavy atom. The molecule has 0 bridgehead atoms. The number of rotatable bonds is 4. The monoisotopic (exact) mass is 284 g/mol. The molecule has 1 aliphatic heterocycles. The van der Waals surface area contributed by atoms with Crippen LogP contribution in [0.5, 0.6) is 5.75 Å². The van der Waals surface area contributed by atoms with Crippen LogP contribution in [0.1, 0.15) is 13.3 Å². The molecule has 1 aliphatic rings. The molecule has 0 spiro atoms. The highest BCUT2D eigenvalue weighted by Crippen LogP contribution is 2.24. The van der Waals surface area contributed by atoms with E-state index in [4.69, 9.17) is 4.74 Å². The quantitative estimate of drug-likeness (QED) is 0.864. The topological polar surface area (TPSA) is 67.4 Å². The zero-order chi connectivity index (χ0) is 13.9. The fourth-order valence-electron chi connectivity index (χ4n) is 2.29. The summed E-state index contributed by atoms with van der Waals surface area (Å²) in [6.45, 7) is 3.71. The lowest BCUT2D eigenvalue weighted by Gasteiger charge is -2.30. The highest BCUT2D eigenvalue weighted by atomic mass is 32.2. The molecular formula is C13H20N2O3S. The number of piperidine rings is 1. The first-order valence-electron chi connectivity index (χ1n) is 6.40. The molecule has 2 atom stereocenters. The number of hydrogen-bond acceptors (Lipinski definition) is 4. The minimum Gasteiger partial charge on any atom is -0.495 e. The van der Waals surface area contributed by atoms with Gasteiger partial charge in [0.15, 0.2) is 0 Å². The van der Waals surface area contributed by atoms with Crippen LogP contribution in [0.15, 0.2) is 29.2 Å². The van der Waals surface area contributed by atoms with Crippen LogP contribution in [0.2, 0.25) is 0 Å². The van der Waals surface area contributed by atoms with Gasteiger partial charge < -0.3 is 10.1 Å². The van der Waals surface area contributed by atoms with Gasteiger partial charge in [-0.25, -0.2) is 13.1 Å². The predicted molar refractivity (Wildman–Crippen MR) is 73.8 cm³/mol. The average molecular weight is 284 g/mol. The van der Waals surface area contributed by atoms with Crippen molar-refractivity contribution in [2.45, 2.75) is 24.3 Å². The molecule has 1 saturated heterocycles. The number of para-hydroxylation sites is 1. The zero-order valence-corrected chi connectivity index (χ0v) is 12.0. The molecule has 1 aromatic rings. The Kier molecular flexibility index (Phi) is 4.44. The van der Waals surface area contributed by atoms with Gasteiger partial charge in [0.2, 0.25) is 10.0 Å². The Balaban J connectivity index is 2.22. The fraction of sp³-hybridized carbons (Fsp3) is 0.538. The highest BCUT2D eigenvalue weighted by molar-refractivity contribution is 7.89. The maximum absolute atomic E-state index is 12.4. The van der Waals surface area contributed by atoms with Crippen molar-refractivity contribution >= 4 is 10.0 Å². The number of sulfonamides is 1. The third-order valence-corrected chi connectivity index (χ3v) is 4.98. The average Bonchev–Trinajstić information content (AvgIpc) is 2.41. The van der Waals surface area contributed by atoms with E-state index in [0.717, 1.165) is 19.5 Å². The summed E-state index contributed by atoms with van der Waals surface area (Å²) in [4.78, 5) is 0.197. The smallest absolute Gasteiger partial charge is 0.244 e. The molecule has 2 unspecified atom stereocenters. The van der Waals surface area contributed by atoms with Crippen molar-refractivity contribution in [2.75, 3.05) is 20.2 Å². The van der Waals surface area contributed by atoms with E-state index in [1.54, 1.807) is 24.3 Å². The van der Waals surface area contributed by atoms with Crippen molar-refractivity contribution < 1.29 is 13.2 Å². The van der Waals surface area contributed by atoms with E-state index in [1.807, 2.05) is 6.92 Å². The molecule has 5 nitrogen and oxygen atoms in total. The number of hydrogen-bond donors (Lipinski definition) is 2. The van der Waals surface area contributed by atoms with Crippen LogP contribution in [-0.4, -0.2) is 34.7 Å². The van der Waals surface area contributed by atoms with E-state index < -0.39 is 10.0 Å². The lowest BCUT2D eigenvalue weighted by molar-refractivity contribution is 0.327. The van der Waals surface area contributed by atoms with Gasteiger partial charge in [-0.2, -0.15) is 0 Å². The van der Waals surface area contributed by atoms with E-state index in [9.17, 15) is 8.42 Å². The van der Waals surface area contributed by atoms with Gasteiger partial charge in [0, 0.05) is 6.04 Å². The SMILES string of the molecule is COc1ccccc1S(=O)(=O)NC1CCNCC1C. The minimum absolute atomic E-state index is 0.0313. The Morgan fingerprint density at radius 3 is 2.79 bits per heavy atom. The predicted octanol–water partition coefficient (Wildman–Crippen LogP) is 0.971. The van der Waals surface area contributed by atoms with Crippen molar-refractivity contribution in [3.05, 3.63) is 24.3 Å². The van der Waals surface area contributed by atoms with Crippen LogP contribution < -0.4 is 14.8 Å². The molecule has 0 aliphatic carbocycles. The Morgan fingerprint density at radius 2 is 2.11 bits per heavy atom. The first kappa shape index (κ1) is 14.3. The van der Waals surface area contributed by atoms with Gasteiger partial charge in [-0.15, -0.1) is 0 Å². The summed E-state index contributed by atoms with van der Waals surface area (Å²) in [6, 6.07) is 6.64. The summed E-state index contributed by atoms with van der Waals surface area (Å²) in [5, 5.41) is 3.25. The second-order valence-electron chi connectivity index (χ2n) is 4.85. The molecule has 6 heteroatoms. The van der Waals surface area contributed by atoms with Gasteiger partial charge in [0.05, 0.1) is 7.11 Å². The van der Waals surface area contributed by atoms with Gasteiger partial charge in [-0.3, -0.25) is 0 Å². The normalized spacial score (nSPS) is 24.1. The van der Waals surface area contributed by atoms with Gasteiger partial charge in [0.1, 0.15) is 10.6 Å². The largest absolute Gasteiger partial charge is 0.495 e. The van der Waals surface area contributed by atoms with Crippen molar-refractivity contribution in [1.29, 1.82) is 0 Å². The summed E-state index contributed by atoms with van der Waals surface area (Å²) in [6.07, 6.45) is 0.801. The Labute approximate surface area is 114 Å². The molecule has 0 saturated carbocycles. The van der Waals surface area contributed by atoms with Crippen molar-refractivity contribution in [3.8, 4) is 5.75 Å². The molecule has 106 valence electrons. The summed E-state index contributed by atoms with van der Waals surface area (Å²) in [7, 11) is -2.06. The summed E-state index contributed by atoms with van der Waals surface area (Å²) in [5.74, 6) is 0.648. The molecule has 1 fully saturated rings. The van der Waals surface area contributed by atoms with E-state index in [2.05, 4.69) is 10.0 Å². The van der Waals surface area contributed by atoms with Crippen molar-refractivity contribution in [1.82, 2.24) is 10.0 Å². The van der Waals surface area contributed by atoms with Crippen LogP contribution in [-0.2, 0) is 10.0 Å². The Hall–Kier alpha value is -1.11. The molecule has 2 rings (SSSR count). The third kappa shape index (κ3) is 3.26. The number of methoxy groups -OCH3 is 1. The molecule has 0 aromatic heterocycles. The third-order valence-electron chi connectivity index (χ3n) is 3.45. The summed E-state index contributed by atoms with van der Waals surface area (Å²) >= 11 is 0. The first-order chi connectivity index (χ1) is 9.04. The van der Waals surface area contributed by atoms with Crippen LogP contribution in [0.3, 0.4) is 0 Å². The second-order valence-corrected chi connectivity index (χ2v) is 6.53. The molecule has 0 radical (unpaired) electrons. The summed E-state index contributed by atoms with van der Waals surface area (Å²) in [5.41, 5.74) is 0. The molecular weight excluding hydrogens is 264 g/mol. The summed E-state index contributed by atoms with van der Waals surface area (Å²) < 4.78 is 32.7. The number of nitrogens with one attached hydrogen (secondary N) is 2. The van der Waals surface area contributed by atoms with Crippen LogP contribution in [0.25, 0.3) is 0 Å². The van der Waals surface area contributed by atoms with Crippen molar-refractivity contribution in [3.63, 3.8) is 0 Å². The Bertz CT molecular complexity index is 530. The van der Waals surface area contributed by atoms with Gasteiger partial charge in [-0.1, -0.05) is 19.1 Å². The fourth-order valence-corrected chi connectivity index (χ4v) is 3.84. The van der Waals surface area contributed by atoms with E-state index in [-0.39, 0.29) is 16.9 Å². The standard InChI is InChI=1S/C13H20N2O3S/c1-10-9-14-8-7-11(10)15-19(16,17)13-6-4-3-5-12(13)18-2/h3-6,10-11,14-15H,7-9H2,1-2H3. The lowest BCUT2D eigenvalue weighted by atomic mass is 9.97. The van der Waals surface area contributed by atoms with E-state index >= 15 is 0 Å². The highest BCUT2D eigenvalue weighted by Gasteiger charge is 2.28. The number of benzene rings is 1. The zero-order valence-electron chi connectivity index (χ0n) is 11.2. The molecule has 0 amide bonds. The van der Waals surface area contributed by atoms with Crippen LogP contribution in [0, 0.1) is 5.92 Å².